The van der Waals surface area contributed by atoms with Crippen molar-refractivity contribution < 1.29 is 14.3 Å². The molecule has 0 bridgehead atoms. The van der Waals surface area contributed by atoms with Crippen molar-refractivity contribution in [2.45, 2.75) is 37.6 Å². The van der Waals surface area contributed by atoms with Gasteiger partial charge < -0.3 is 10.1 Å². The fraction of sp³-hybridized carbons (Fsp3) is 0.389. The molecule has 1 aromatic carbocycles. The second-order valence-corrected chi connectivity index (χ2v) is 5.69. The van der Waals surface area contributed by atoms with Gasteiger partial charge >= 0.3 is 5.97 Å². The van der Waals surface area contributed by atoms with E-state index in [0.717, 1.165) is 24.8 Å². The summed E-state index contributed by atoms with van der Waals surface area (Å²) in [6.45, 7) is 0. The number of carbonyl (C=O) groups is 2. The lowest BCUT2D eigenvalue weighted by Crippen LogP contribution is -2.48. The number of ether oxygens (including phenoxy) is 1. The van der Waals surface area contributed by atoms with Crippen LogP contribution in [-0.4, -0.2) is 24.5 Å². The molecule has 5 heteroatoms. The summed E-state index contributed by atoms with van der Waals surface area (Å²) in [5, 5.41) is 12.2. The van der Waals surface area contributed by atoms with Gasteiger partial charge in [0.25, 0.3) is 0 Å². The molecule has 23 heavy (non-hydrogen) atoms. The molecule has 0 heterocycles. The van der Waals surface area contributed by atoms with Crippen molar-refractivity contribution in [2.24, 2.45) is 0 Å². The first-order valence-electron chi connectivity index (χ1n) is 7.68. The van der Waals surface area contributed by atoms with Gasteiger partial charge in [0.1, 0.15) is 5.54 Å². The molecule has 5 nitrogen and oxygen atoms in total. The number of nitrogens with zero attached hydrogens (tertiary/aromatic N) is 1. The molecule has 1 amide bonds. The average Bonchev–Trinajstić information content (AvgIpc) is 2.60. The van der Waals surface area contributed by atoms with Crippen LogP contribution in [0.4, 0.5) is 0 Å². The predicted molar refractivity (Wildman–Crippen MR) is 86.4 cm³/mol. The topological polar surface area (TPSA) is 79.2 Å². The zero-order valence-electron chi connectivity index (χ0n) is 13.2. The Hall–Kier alpha value is -2.61. The number of benzene rings is 1. The first-order valence-corrected chi connectivity index (χ1v) is 7.68. The van der Waals surface area contributed by atoms with Crippen LogP contribution in [-0.2, 0) is 9.53 Å². The van der Waals surface area contributed by atoms with Crippen molar-refractivity contribution in [3.8, 4) is 6.07 Å². The van der Waals surface area contributed by atoms with Crippen LogP contribution in [0.2, 0.25) is 0 Å². The van der Waals surface area contributed by atoms with Crippen molar-refractivity contribution in [1.82, 2.24) is 5.32 Å². The number of nitriles is 1. The van der Waals surface area contributed by atoms with Crippen LogP contribution in [0.1, 0.15) is 48.0 Å². The van der Waals surface area contributed by atoms with Gasteiger partial charge in [0.2, 0.25) is 5.91 Å². The highest BCUT2D eigenvalue weighted by Gasteiger charge is 2.32. The van der Waals surface area contributed by atoms with Gasteiger partial charge in [-0.3, -0.25) is 4.79 Å². The number of hydrogen-bond acceptors (Lipinski definition) is 4. The van der Waals surface area contributed by atoms with E-state index in [9.17, 15) is 14.9 Å². The van der Waals surface area contributed by atoms with E-state index in [1.807, 2.05) is 0 Å². The molecular weight excluding hydrogens is 292 g/mol. The van der Waals surface area contributed by atoms with Gasteiger partial charge in [-0.1, -0.05) is 31.4 Å². The lowest BCUT2D eigenvalue weighted by atomic mass is 9.83. The molecule has 0 atom stereocenters. The normalized spacial score (nSPS) is 16.5. The van der Waals surface area contributed by atoms with E-state index in [1.165, 1.54) is 13.2 Å². The third-order valence-corrected chi connectivity index (χ3v) is 4.04. The van der Waals surface area contributed by atoms with Crippen molar-refractivity contribution in [1.29, 1.82) is 5.26 Å². The second kappa shape index (κ2) is 7.59. The zero-order chi connectivity index (χ0) is 16.7. The highest BCUT2D eigenvalue weighted by atomic mass is 16.5. The molecule has 1 aromatic rings. The van der Waals surface area contributed by atoms with Gasteiger partial charge in [0, 0.05) is 6.08 Å². The molecule has 1 aliphatic carbocycles. The molecule has 0 unspecified atom stereocenters. The Kier molecular flexibility index (Phi) is 5.53. The molecule has 120 valence electrons. The van der Waals surface area contributed by atoms with E-state index >= 15 is 0 Å². The monoisotopic (exact) mass is 312 g/mol. The second-order valence-electron chi connectivity index (χ2n) is 5.69. The molecule has 0 spiro atoms. The smallest absolute Gasteiger partial charge is 0.337 e. The van der Waals surface area contributed by atoms with Crippen LogP contribution in [0.5, 0.6) is 0 Å². The Balaban J connectivity index is 1.98. The minimum absolute atomic E-state index is 0.273. The molecule has 0 saturated heterocycles. The van der Waals surface area contributed by atoms with Crippen molar-refractivity contribution >= 4 is 18.0 Å². The maximum atomic E-state index is 12.0. The van der Waals surface area contributed by atoms with E-state index in [-0.39, 0.29) is 5.91 Å². The van der Waals surface area contributed by atoms with Crippen LogP contribution < -0.4 is 5.32 Å². The van der Waals surface area contributed by atoms with Crippen LogP contribution in [0.3, 0.4) is 0 Å². The zero-order valence-corrected chi connectivity index (χ0v) is 13.2. The Morgan fingerprint density at radius 1 is 1.22 bits per heavy atom. The van der Waals surface area contributed by atoms with Crippen molar-refractivity contribution in [3.05, 3.63) is 41.5 Å². The molecule has 1 saturated carbocycles. The van der Waals surface area contributed by atoms with Gasteiger partial charge in [-0.15, -0.1) is 0 Å². The fourth-order valence-electron chi connectivity index (χ4n) is 2.72. The van der Waals surface area contributed by atoms with Gasteiger partial charge in [0.15, 0.2) is 0 Å². The summed E-state index contributed by atoms with van der Waals surface area (Å²) in [4.78, 5) is 23.4. The molecule has 0 aliphatic heterocycles. The van der Waals surface area contributed by atoms with E-state index in [1.54, 1.807) is 30.3 Å². The molecule has 1 N–H and O–H groups in total. The third-order valence-electron chi connectivity index (χ3n) is 4.04. The first kappa shape index (κ1) is 16.8. The van der Waals surface area contributed by atoms with Crippen LogP contribution in [0.15, 0.2) is 30.3 Å². The Morgan fingerprint density at radius 2 is 1.87 bits per heavy atom. The highest BCUT2D eigenvalue weighted by Crippen LogP contribution is 2.27. The van der Waals surface area contributed by atoms with Gasteiger partial charge in [0.05, 0.1) is 18.7 Å². The molecule has 1 fully saturated rings. The van der Waals surface area contributed by atoms with Gasteiger partial charge in [-0.25, -0.2) is 4.79 Å². The summed E-state index contributed by atoms with van der Waals surface area (Å²) < 4.78 is 4.63. The highest BCUT2D eigenvalue weighted by molar-refractivity contribution is 5.93. The predicted octanol–water partition coefficient (Wildman–Crippen LogP) is 2.83. The number of carbonyl (C=O) groups excluding carboxylic acids is 2. The number of amides is 1. The third kappa shape index (κ3) is 4.43. The lowest BCUT2D eigenvalue weighted by Gasteiger charge is -2.31. The van der Waals surface area contributed by atoms with Crippen molar-refractivity contribution in [3.63, 3.8) is 0 Å². The maximum absolute atomic E-state index is 12.0. The maximum Gasteiger partial charge on any atom is 0.337 e. The summed E-state index contributed by atoms with van der Waals surface area (Å²) in [6.07, 6.45) is 7.53. The van der Waals surface area contributed by atoms with Crippen molar-refractivity contribution in [2.75, 3.05) is 7.11 Å². The Morgan fingerprint density at radius 3 is 2.43 bits per heavy atom. The molecule has 0 aromatic heterocycles. The number of esters is 1. The van der Waals surface area contributed by atoms with Crippen LogP contribution >= 0.6 is 0 Å². The van der Waals surface area contributed by atoms with E-state index in [0.29, 0.717) is 18.4 Å². The Bertz CT molecular complexity index is 635. The quantitative estimate of drug-likeness (QED) is 0.685. The SMILES string of the molecule is COC(=O)c1ccc(/C=C/C(=O)NC2(C#N)CCCCC2)cc1. The number of rotatable bonds is 4. The number of hydrogen-bond donors (Lipinski definition) is 1. The number of nitrogens with one attached hydrogen (secondary N) is 1. The minimum Gasteiger partial charge on any atom is -0.465 e. The fourth-order valence-corrected chi connectivity index (χ4v) is 2.72. The van der Waals surface area contributed by atoms with E-state index in [4.69, 9.17) is 0 Å². The molecular formula is C18H20N2O3. The summed E-state index contributed by atoms with van der Waals surface area (Å²) in [5.41, 5.74) is 0.524. The van der Waals surface area contributed by atoms with Crippen LogP contribution in [0.25, 0.3) is 6.08 Å². The summed E-state index contributed by atoms with van der Waals surface area (Å²) in [7, 11) is 1.33. The summed E-state index contributed by atoms with van der Waals surface area (Å²) >= 11 is 0. The number of methoxy groups -OCH3 is 1. The first-order chi connectivity index (χ1) is 11.1. The van der Waals surface area contributed by atoms with Crippen LogP contribution in [0, 0.1) is 11.3 Å². The molecule has 1 aliphatic rings. The molecule has 2 rings (SSSR count). The van der Waals surface area contributed by atoms with E-state index < -0.39 is 11.5 Å². The van der Waals surface area contributed by atoms with Gasteiger partial charge in [-0.2, -0.15) is 5.26 Å². The van der Waals surface area contributed by atoms with E-state index in [2.05, 4.69) is 16.1 Å². The molecule has 0 radical (unpaired) electrons. The summed E-state index contributed by atoms with van der Waals surface area (Å²) in [6, 6.07) is 9.00. The lowest BCUT2D eigenvalue weighted by molar-refractivity contribution is -0.118. The minimum atomic E-state index is -0.728. The Labute approximate surface area is 135 Å². The summed E-state index contributed by atoms with van der Waals surface area (Å²) in [5.74, 6) is -0.669. The van der Waals surface area contributed by atoms with Gasteiger partial charge in [-0.05, 0) is 36.6 Å². The average molecular weight is 312 g/mol. The largest absolute Gasteiger partial charge is 0.465 e. The standard InChI is InChI=1S/C18H20N2O3/c1-23-17(22)15-8-5-14(6-9-15)7-10-16(21)20-18(13-19)11-3-2-4-12-18/h5-10H,2-4,11-12H2,1H3,(H,20,21)/b10-7+.